The lowest BCUT2D eigenvalue weighted by Gasteiger charge is -2.08. The smallest absolute Gasteiger partial charge is 0.192 e. The zero-order chi connectivity index (χ0) is 10.8. The first-order chi connectivity index (χ1) is 7.15. The second kappa shape index (κ2) is 3.90. The molecule has 0 bridgehead atoms. The number of nitrogens with one attached hydrogen (secondary N) is 1. The number of aryl methyl sites for hydroxylation is 1. The third-order valence-corrected chi connectivity index (χ3v) is 2.12. The monoisotopic (exact) mass is 205 g/mol. The molecule has 80 valence electrons. The van der Waals surface area contributed by atoms with Crippen molar-refractivity contribution in [2.24, 2.45) is 5.73 Å². The van der Waals surface area contributed by atoms with E-state index in [-0.39, 0.29) is 6.04 Å². The van der Waals surface area contributed by atoms with Crippen LogP contribution in [0.3, 0.4) is 0 Å². The molecule has 0 aliphatic rings. The summed E-state index contributed by atoms with van der Waals surface area (Å²) in [5.74, 6) is 0.689. The summed E-state index contributed by atoms with van der Waals surface area (Å²) in [5, 5.41) is 3.23. The second-order valence-corrected chi connectivity index (χ2v) is 3.77. The molecule has 4 nitrogen and oxygen atoms in total. The highest BCUT2D eigenvalue weighted by Gasteiger charge is 2.03. The summed E-state index contributed by atoms with van der Waals surface area (Å²) in [6, 6.07) is 6.00. The molecular formula is C11H15N3O. The van der Waals surface area contributed by atoms with E-state index in [1.807, 2.05) is 32.0 Å². The van der Waals surface area contributed by atoms with Crippen LogP contribution in [0.2, 0.25) is 0 Å². The molecular weight excluding hydrogens is 190 g/mol. The van der Waals surface area contributed by atoms with E-state index in [0.717, 1.165) is 23.3 Å². The van der Waals surface area contributed by atoms with Gasteiger partial charge in [0.05, 0.1) is 0 Å². The van der Waals surface area contributed by atoms with Gasteiger partial charge in [0.25, 0.3) is 0 Å². The Bertz CT molecular complexity index is 462. The third-order valence-electron chi connectivity index (χ3n) is 2.12. The topological polar surface area (TPSA) is 64.1 Å². The summed E-state index contributed by atoms with van der Waals surface area (Å²) in [4.78, 5) is 4.23. The van der Waals surface area contributed by atoms with Gasteiger partial charge in [-0.2, -0.15) is 0 Å². The fourth-order valence-electron chi connectivity index (χ4n) is 1.43. The molecule has 2 rings (SSSR count). The van der Waals surface area contributed by atoms with Crippen LogP contribution in [0.4, 0.5) is 5.69 Å². The summed E-state index contributed by atoms with van der Waals surface area (Å²) < 4.78 is 5.43. The average Bonchev–Trinajstić information content (AvgIpc) is 2.53. The molecule has 0 amide bonds. The molecule has 2 aromatic rings. The van der Waals surface area contributed by atoms with Crippen LogP contribution in [0, 0.1) is 6.92 Å². The van der Waals surface area contributed by atoms with Gasteiger partial charge in [-0.1, -0.05) is 0 Å². The zero-order valence-corrected chi connectivity index (χ0v) is 8.95. The number of nitrogens with zero attached hydrogens (tertiary/aromatic N) is 1. The fourth-order valence-corrected chi connectivity index (χ4v) is 1.43. The van der Waals surface area contributed by atoms with Crippen molar-refractivity contribution in [3.63, 3.8) is 0 Å². The molecule has 0 saturated carbocycles. The lowest BCUT2D eigenvalue weighted by molar-refractivity contribution is 0.561. The molecule has 0 aliphatic heterocycles. The number of oxazole rings is 1. The van der Waals surface area contributed by atoms with E-state index in [4.69, 9.17) is 10.2 Å². The highest BCUT2D eigenvalue weighted by molar-refractivity contribution is 5.77. The molecule has 3 N–H and O–H groups in total. The molecule has 4 heteroatoms. The Hall–Kier alpha value is -1.55. The van der Waals surface area contributed by atoms with E-state index in [2.05, 4.69) is 10.3 Å². The average molecular weight is 205 g/mol. The molecule has 0 spiro atoms. The van der Waals surface area contributed by atoms with E-state index >= 15 is 0 Å². The van der Waals surface area contributed by atoms with Gasteiger partial charge in [0.1, 0.15) is 5.52 Å². The predicted molar refractivity (Wildman–Crippen MR) is 60.9 cm³/mol. The van der Waals surface area contributed by atoms with Gasteiger partial charge in [0.2, 0.25) is 0 Å². The minimum absolute atomic E-state index is 0.136. The van der Waals surface area contributed by atoms with Crippen molar-refractivity contribution in [1.29, 1.82) is 0 Å². The maximum Gasteiger partial charge on any atom is 0.192 e. The maximum atomic E-state index is 5.66. The Kier molecular flexibility index (Phi) is 2.60. The minimum atomic E-state index is 0.136. The Balaban J connectivity index is 2.22. The highest BCUT2D eigenvalue weighted by Crippen LogP contribution is 2.19. The van der Waals surface area contributed by atoms with Crippen LogP contribution in [0.15, 0.2) is 22.6 Å². The van der Waals surface area contributed by atoms with Gasteiger partial charge in [0.15, 0.2) is 11.5 Å². The Labute approximate surface area is 88.5 Å². The number of rotatable bonds is 3. The number of hydrogen-bond acceptors (Lipinski definition) is 4. The van der Waals surface area contributed by atoms with E-state index in [9.17, 15) is 0 Å². The van der Waals surface area contributed by atoms with Gasteiger partial charge in [0, 0.05) is 31.3 Å². The largest absolute Gasteiger partial charge is 0.441 e. The summed E-state index contributed by atoms with van der Waals surface area (Å²) in [6.45, 7) is 4.55. The number of hydrogen-bond donors (Lipinski definition) is 2. The fraction of sp³-hybridized carbons (Fsp3) is 0.364. The summed E-state index contributed by atoms with van der Waals surface area (Å²) in [6.07, 6.45) is 0. The molecule has 1 aromatic heterocycles. The summed E-state index contributed by atoms with van der Waals surface area (Å²) in [5.41, 5.74) is 8.36. The SMILES string of the molecule is Cc1nc2ccc(NCC(C)N)cc2o1. The first-order valence-corrected chi connectivity index (χ1v) is 5.02. The van der Waals surface area contributed by atoms with Crippen molar-refractivity contribution in [2.75, 3.05) is 11.9 Å². The molecule has 0 saturated heterocycles. The van der Waals surface area contributed by atoms with E-state index < -0.39 is 0 Å². The quantitative estimate of drug-likeness (QED) is 0.803. The Morgan fingerprint density at radius 3 is 3.07 bits per heavy atom. The van der Waals surface area contributed by atoms with Crippen LogP contribution < -0.4 is 11.1 Å². The van der Waals surface area contributed by atoms with Crippen LogP contribution in [-0.2, 0) is 0 Å². The molecule has 15 heavy (non-hydrogen) atoms. The predicted octanol–water partition coefficient (Wildman–Crippen LogP) is 1.90. The van der Waals surface area contributed by atoms with Gasteiger partial charge in [-0.15, -0.1) is 0 Å². The first kappa shape index (κ1) is 9.98. The van der Waals surface area contributed by atoms with Crippen LogP contribution in [0.1, 0.15) is 12.8 Å². The van der Waals surface area contributed by atoms with E-state index in [1.54, 1.807) is 0 Å². The van der Waals surface area contributed by atoms with Gasteiger partial charge >= 0.3 is 0 Å². The number of anilines is 1. The summed E-state index contributed by atoms with van der Waals surface area (Å²) >= 11 is 0. The van der Waals surface area contributed by atoms with Crippen molar-refractivity contribution < 1.29 is 4.42 Å². The maximum absolute atomic E-state index is 5.66. The third kappa shape index (κ3) is 2.27. The van der Waals surface area contributed by atoms with E-state index in [1.165, 1.54) is 0 Å². The number of benzene rings is 1. The zero-order valence-electron chi connectivity index (χ0n) is 8.95. The number of nitrogens with two attached hydrogens (primary N) is 1. The van der Waals surface area contributed by atoms with Gasteiger partial charge in [-0.25, -0.2) is 4.98 Å². The van der Waals surface area contributed by atoms with Crippen LogP contribution in [-0.4, -0.2) is 17.6 Å². The number of aromatic nitrogens is 1. The van der Waals surface area contributed by atoms with Gasteiger partial charge < -0.3 is 15.5 Å². The van der Waals surface area contributed by atoms with Crippen LogP contribution in [0.25, 0.3) is 11.1 Å². The number of fused-ring (bicyclic) bond motifs is 1. The van der Waals surface area contributed by atoms with Crippen molar-refractivity contribution >= 4 is 16.8 Å². The van der Waals surface area contributed by atoms with Crippen molar-refractivity contribution in [1.82, 2.24) is 4.98 Å². The van der Waals surface area contributed by atoms with Crippen molar-refractivity contribution in [3.05, 3.63) is 24.1 Å². The van der Waals surface area contributed by atoms with Gasteiger partial charge in [-0.05, 0) is 19.1 Å². The second-order valence-electron chi connectivity index (χ2n) is 3.77. The van der Waals surface area contributed by atoms with Crippen LogP contribution >= 0.6 is 0 Å². The molecule has 0 fully saturated rings. The summed E-state index contributed by atoms with van der Waals surface area (Å²) in [7, 11) is 0. The molecule has 1 heterocycles. The molecule has 1 unspecified atom stereocenters. The van der Waals surface area contributed by atoms with Crippen molar-refractivity contribution in [2.45, 2.75) is 19.9 Å². The minimum Gasteiger partial charge on any atom is -0.441 e. The molecule has 0 aliphatic carbocycles. The highest BCUT2D eigenvalue weighted by atomic mass is 16.3. The lowest BCUT2D eigenvalue weighted by atomic mass is 10.2. The standard InChI is InChI=1S/C11H15N3O/c1-7(12)6-13-9-3-4-10-11(5-9)15-8(2)14-10/h3-5,7,13H,6,12H2,1-2H3. The van der Waals surface area contributed by atoms with Crippen LogP contribution in [0.5, 0.6) is 0 Å². The lowest BCUT2D eigenvalue weighted by Crippen LogP contribution is -2.25. The normalized spacial score (nSPS) is 13.0. The van der Waals surface area contributed by atoms with E-state index in [0.29, 0.717) is 5.89 Å². The Morgan fingerprint density at radius 1 is 1.53 bits per heavy atom. The molecule has 1 atom stereocenters. The molecule has 1 aromatic carbocycles. The van der Waals surface area contributed by atoms with Gasteiger partial charge in [-0.3, -0.25) is 0 Å². The Morgan fingerprint density at radius 2 is 2.33 bits per heavy atom. The van der Waals surface area contributed by atoms with Crippen molar-refractivity contribution in [3.8, 4) is 0 Å². The molecule has 0 radical (unpaired) electrons. The first-order valence-electron chi connectivity index (χ1n) is 5.02.